The van der Waals surface area contributed by atoms with Gasteiger partial charge < -0.3 is 15.0 Å². The summed E-state index contributed by atoms with van der Waals surface area (Å²) in [4.78, 5) is 0. The molecule has 0 spiro atoms. The lowest BCUT2D eigenvalue weighted by molar-refractivity contribution is -0.0269. The van der Waals surface area contributed by atoms with Crippen LogP contribution in [0.1, 0.15) is 19.3 Å². The maximum atomic E-state index is 11.0. The number of hydrogen-bond acceptors (Lipinski definition) is 4. The van der Waals surface area contributed by atoms with Gasteiger partial charge in [-0.05, 0) is 38.1 Å². The number of nitrogens with one attached hydrogen (secondary N) is 1. The lowest BCUT2D eigenvalue weighted by Crippen LogP contribution is -2.59. The van der Waals surface area contributed by atoms with Gasteiger partial charge in [0.15, 0.2) is 0 Å². The standard InChI is InChI=1S/C9H17NO3S/c1-10-8-6-3-2-5(9(8)11)4-7(6)14(12)13/h5-11H,2-4H2,1H3,(H,12,13)/p-1. The Labute approximate surface area is 86.4 Å². The molecular formula is C9H16NO3S-. The summed E-state index contributed by atoms with van der Waals surface area (Å²) in [6.45, 7) is 0. The van der Waals surface area contributed by atoms with Crippen molar-refractivity contribution in [3.8, 4) is 0 Å². The van der Waals surface area contributed by atoms with E-state index in [1.807, 2.05) is 0 Å². The maximum Gasteiger partial charge on any atom is 0.0724 e. The highest BCUT2D eigenvalue weighted by Gasteiger charge is 2.47. The van der Waals surface area contributed by atoms with Crippen molar-refractivity contribution < 1.29 is 13.9 Å². The van der Waals surface area contributed by atoms with Crippen molar-refractivity contribution in [2.45, 2.75) is 36.7 Å². The van der Waals surface area contributed by atoms with Crippen LogP contribution in [0, 0.1) is 11.8 Å². The number of rotatable bonds is 2. The first-order valence-electron chi connectivity index (χ1n) is 5.08. The minimum absolute atomic E-state index is 0.0367. The minimum atomic E-state index is -1.99. The normalized spacial score (nSPS) is 49.2. The highest BCUT2D eigenvalue weighted by molar-refractivity contribution is 7.79. The SMILES string of the molecule is CNC1C(O)C2CCC1C(S(=O)[O-])C2. The van der Waals surface area contributed by atoms with Crippen molar-refractivity contribution in [3.05, 3.63) is 0 Å². The molecule has 4 nitrogen and oxygen atoms in total. The summed E-state index contributed by atoms with van der Waals surface area (Å²) in [6.07, 6.45) is 2.17. The van der Waals surface area contributed by atoms with E-state index >= 15 is 0 Å². The Balaban J connectivity index is 2.19. The van der Waals surface area contributed by atoms with Crippen LogP contribution in [0.2, 0.25) is 0 Å². The van der Waals surface area contributed by atoms with Gasteiger partial charge in [0.05, 0.1) is 6.10 Å². The van der Waals surface area contributed by atoms with Crippen LogP contribution in [0.3, 0.4) is 0 Å². The van der Waals surface area contributed by atoms with E-state index in [4.69, 9.17) is 0 Å². The zero-order valence-electron chi connectivity index (χ0n) is 8.18. The summed E-state index contributed by atoms with van der Waals surface area (Å²) in [5, 5.41) is 12.7. The van der Waals surface area contributed by atoms with Gasteiger partial charge in [-0.2, -0.15) is 0 Å². The Morgan fingerprint density at radius 2 is 2.21 bits per heavy atom. The number of fused-ring (bicyclic) bond motifs is 3. The average Bonchev–Trinajstić information content (AvgIpc) is 2.18. The second-order valence-electron chi connectivity index (χ2n) is 4.34. The highest BCUT2D eigenvalue weighted by Crippen LogP contribution is 2.43. The first kappa shape index (κ1) is 10.5. The molecule has 0 aromatic rings. The van der Waals surface area contributed by atoms with Crippen LogP contribution in [-0.4, -0.2) is 38.3 Å². The zero-order chi connectivity index (χ0) is 10.3. The zero-order valence-corrected chi connectivity index (χ0v) is 9.00. The van der Waals surface area contributed by atoms with E-state index in [0.29, 0.717) is 6.42 Å². The van der Waals surface area contributed by atoms with Gasteiger partial charge in [-0.15, -0.1) is 0 Å². The third kappa shape index (κ3) is 1.52. The largest absolute Gasteiger partial charge is 0.772 e. The van der Waals surface area contributed by atoms with E-state index in [1.165, 1.54) is 0 Å². The molecule has 3 rings (SSSR count). The molecule has 0 aromatic carbocycles. The molecule has 0 saturated heterocycles. The Bertz CT molecular complexity index is 248. The summed E-state index contributed by atoms with van der Waals surface area (Å²) >= 11 is -1.99. The fourth-order valence-electron chi connectivity index (χ4n) is 3.06. The van der Waals surface area contributed by atoms with E-state index in [-0.39, 0.29) is 29.2 Å². The van der Waals surface area contributed by atoms with Crippen molar-refractivity contribution in [2.24, 2.45) is 11.8 Å². The minimum Gasteiger partial charge on any atom is -0.772 e. The Kier molecular flexibility index (Phi) is 2.93. The summed E-state index contributed by atoms with van der Waals surface area (Å²) in [5.41, 5.74) is 0. The second kappa shape index (κ2) is 3.89. The Morgan fingerprint density at radius 1 is 1.50 bits per heavy atom. The Morgan fingerprint density at radius 3 is 2.79 bits per heavy atom. The molecule has 3 saturated carbocycles. The molecule has 3 aliphatic rings. The number of likely N-dealkylation sites (N-methyl/N-ethyl adjacent to an activating group) is 1. The summed E-state index contributed by atoms with van der Waals surface area (Å²) in [5.74, 6) is 0.263. The first-order valence-corrected chi connectivity index (χ1v) is 6.22. The predicted octanol–water partition coefficient (Wildman–Crippen LogP) is -0.387. The molecule has 3 fully saturated rings. The molecule has 0 aliphatic heterocycles. The van der Waals surface area contributed by atoms with Crippen LogP contribution in [0.5, 0.6) is 0 Å². The quantitative estimate of drug-likeness (QED) is 0.619. The summed E-state index contributed by atoms with van der Waals surface area (Å²) < 4.78 is 22.0. The van der Waals surface area contributed by atoms with E-state index < -0.39 is 11.1 Å². The predicted molar refractivity (Wildman–Crippen MR) is 52.4 cm³/mol. The van der Waals surface area contributed by atoms with Crippen LogP contribution in [0.15, 0.2) is 0 Å². The first-order chi connectivity index (χ1) is 6.65. The molecule has 14 heavy (non-hydrogen) atoms. The molecule has 0 amide bonds. The van der Waals surface area contributed by atoms with Crippen molar-refractivity contribution in [3.63, 3.8) is 0 Å². The van der Waals surface area contributed by atoms with Crippen LogP contribution < -0.4 is 5.32 Å². The second-order valence-corrected chi connectivity index (χ2v) is 5.47. The lowest BCUT2D eigenvalue weighted by atomic mass is 9.66. The number of hydrogen-bond donors (Lipinski definition) is 2. The summed E-state index contributed by atoms with van der Waals surface area (Å²) in [6, 6.07) is -0.0367. The molecule has 0 radical (unpaired) electrons. The van der Waals surface area contributed by atoms with Crippen molar-refractivity contribution in [1.29, 1.82) is 0 Å². The van der Waals surface area contributed by atoms with Gasteiger partial charge in [0.2, 0.25) is 0 Å². The number of aliphatic hydroxyl groups is 1. The fourth-order valence-corrected chi connectivity index (χ4v) is 4.05. The molecule has 3 aliphatic carbocycles. The molecule has 2 N–H and O–H groups in total. The van der Waals surface area contributed by atoms with Crippen molar-refractivity contribution in [1.82, 2.24) is 5.32 Å². The maximum absolute atomic E-state index is 11.0. The van der Waals surface area contributed by atoms with Crippen LogP contribution in [0.25, 0.3) is 0 Å². The van der Waals surface area contributed by atoms with E-state index in [1.54, 1.807) is 7.05 Å². The van der Waals surface area contributed by atoms with Gasteiger partial charge in [0.25, 0.3) is 0 Å². The topological polar surface area (TPSA) is 72.4 Å². The van der Waals surface area contributed by atoms with Crippen LogP contribution in [-0.2, 0) is 11.1 Å². The van der Waals surface area contributed by atoms with Crippen LogP contribution >= 0.6 is 0 Å². The lowest BCUT2D eigenvalue weighted by Gasteiger charge is -2.51. The third-order valence-corrected chi connectivity index (χ3v) is 4.81. The molecule has 5 heteroatoms. The third-order valence-electron chi connectivity index (χ3n) is 3.78. The van der Waals surface area contributed by atoms with E-state index in [2.05, 4.69) is 5.32 Å². The van der Waals surface area contributed by atoms with Gasteiger partial charge in [0, 0.05) is 11.3 Å². The van der Waals surface area contributed by atoms with E-state index in [9.17, 15) is 13.9 Å². The summed E-state index contributed by atoms with van der Waals surface area (Å²) in [7, 11) is 1.79. The fraction of sp³-hybridized carbons (Fsp3) is 1.00. The molecule has 6 unspecified atom stereocenters. The molecular weight excluding hydrogens is 202 g/mol. The molecule has 82 valence electrons. The molecule has 2 bridgehead atoms. The average molecular weight is 218 g/mol. The van der Waals surface area contributed by atoms with Crippen molar-refractivity contribution >= 4 is 11.1 Å². The molecule has 6 atom stereocenters. The molecule has 0 aromatic heterocycles. The van der Waals surface area contributed by atoms with Crippen LogP contribution in [0.4, 0.5) is 0 Å². The van der Waals surface area contributed by atoms with Gasteiger partial charge in [-0.25, -0.2) is 0 Å². The molecule has 0 heterocycles. The highest BCUT2D eigenvalue weighted by atomic mass is 32.2. The number of aliphatic hydroxyl groups excluding tert-OH is 1. The Hall–Kier alpha value is 0.0300. The van der Waals surface area contributed by atoms with E-state index in [0.717, 1.165) is 12.8 Å². The van der Waals surface area contributed by atoms with Gasteiger partial charge in [-0.3, -0.25) is 4.21 Å². The van der Waals surface area contributed by atoms with Gasteiger partial charge >= 0.3 is 0 Å². The smallest absolute Gasteiger partial charge is 0.0724 e. The monoisotopic (exact) mass is 218 g/mol. The van der Waals surface area contributed by atoms with Crippen molar-refractivity contribution in [2.75, 3.05) is 7.05 Å². The van der Waals surface area contributed by atoms with Gasteiger partial charge in [-0.1, -0.05) is 11.1 Å². The van der Waals surface area contributed by atoms with Gasteiger partial charge in [0.1, 0.15) is 0 Å².